The van der Waals surface area contributed by atoms with Crippen molar-refractivity contribution in [3.63, 3.8) is 0 Å². The molecule has 0 bridgehead atoms. The average Bonchev–Trinajstić information content (AvgIpc) is 2.87. The molecule has 1 N–H and O–H groups in total. The molecule has 2 heterocycles. The molecule has 0 unspecified atom stereocenters. The van der Waals surface area contributed by atoms with Crippen molar-refractivity contribution in [3.8, 4) is 0 Å². The van der Waals surface area contributed by atoms with Gasteiger partial charge in [0.2, 0.25) is 0 Å². The lowest BCUT2D eigenvalue weighted by Crippen LogP contribution is -2.16. The zero-order valence-electron chi connectivity index (χ0n) is 8.07. The van der Waals surface area contributed by atoms with Crippen molar-refractivity contribution in [1.29, 1.82) is 0 Å². The van der Waals surface area contributed by atoms with Gasteiger partial charge in [0.25, 0.3) is 0 Å². The van der Waals surface area contributed by atoms with Crippen LogP contribution in [0.15, 0.2) is 34.3 Å². The normalized spacial score (nSPS) is 12.9. The van der Waals surface area contributed by atoms with Crippen LogP contribution in [-0.4, -0.2) is 0 Å². The van der Waals surface area contributed by atoms with Crippen LogP contribution in [0.3, 0.4) is 0 Å². The van der Waals surface area contributed by atoms with Gasteiger partial charge in [-0.1, -0.05) is 6.07 Å². The van der Waals surface area contributed by atoms with Crippen LogP contribution >= 0.6 is 22.7 Å². The molecule has 0 radical (unpaired) electrons. The summed E-state index contributed by atoms with van der Waals surface area (Å²) >= 11 is 3.56. The van der Waals surface area contributed by atoms with Gasteiger partial charge in [0.15, 0.2) is 0 Å². The Balaban J connectivity index is 1.87. The third-order valence-corrected chi connectivity index (χ3v) is 3.95. The predicted molar refractivity (Wildman–Crippen MR) is 63.9 cm³/mol. The summed E-state index contributed by atoms with van der Waals surface area (Å²) in [5.74, 6) is 0. The molecule has 0 aliphatic rings. The summed E-state index contributed by atoms with van der Waals surface area (Å²) in [7, 11) is 0. The van der Waals surface area contributed by atoms with Gasteiger partial charge in [0.05, 0.1) is 0 Å². The summed E-state index contributed by atoms with van der Waals surface area (Å²) in [5, 5.41) is 9.93. The highest BCUT2D eigenvalue weighted by atomic mass is 32.1. The van der Waals surface area contributed by atoms with Gasteiger partial charge in [-0.3, -0.25) is 0 Å². The fourth-order valence-corrected chi connectivity index (χ4v) is 2.73. The van der Waals surface area contributed by atoms with Gasteiger partial charge in [-0.25, -0.2) is 0 Å². The third kappa shape index (κ3) is 2.44. The molecule has 74 valence electrons. The molecule has 14 heavy (non-hydrogen) atoms. The molecule has 0 saturated carbocycles. The van der Waals surface area contributed by atoms with Crippen LogP contribution in [0, 0.1) is 0 Å². The largest absolute Gasteiger partial charge is 0.305 e. The molecular formula is C11H13NS2. The van der Waals surface area contributed by atoms with Crippen LogP contribution in [0.2, 0.25) is 0 Å². The second kappa shape index (κ2) is 4.73. The van der Waals surface area contributed by atoms with Gasteiger partial charge in [-0.05, 0) is 40.8 Å². The minimum absolute atomic E-state index is 0.454. The van der Waals surface area contributed by atoms with E-state index < -0.39 is 0 Å². The predicted octanol–water partition coefficient (Wildman–Crippen LogP) is 3.66. The van der Waals surface area contributed by atoms with Gasteiger partial charge in [-0.2, -0.15) is 11.3 Å². The van der Waals surface area contributed by atoms with Gasteiger partial charge in [0, 0.05) is 17.5 Å². The van der Waals surface area contributed by atoms with E-state index in [0.29, 0.717) is 6.04 Å². The van der Waals surface area contributed by atoms with Crippen LogP contribution in [0.25, 0.3) is 0 Å². The summed E-state index contributed by atoms with van der Waals surface area (Å²) in [6.07, 6.45) is 0. The highest BCUT2D eigenvalue weighted by Crippen LogP contribution is 2.18. The van der Waals surface area contributed by atoms with E-state index in [1.807, 2.05) is 11.3 Å². The number of hydrogen-bond donors (Lipinski definition) is 1. The van der Waals surface area contributed by atoms with E-state index in [1.54, 1.807) is 11.3 Å². The lowest BCUT2D eigenvalue weighted by atomic mass is 10.2. The maximum absolute atomic E-state index is 3.50. The highest BCUT2D eigenvalue weighted by Gasteiger charge is 2.04. The first kappa shape index (κ1) is 9.90. The number of hydrogen-bond acceptors (Lipinski definition) is 3. The number of nitrogens with one attached hydrogen (secondary N) is 1. The Morgan fingerprint density at radius 3 is 2.93 bits per heavy atom. The third-order valence-electron chi connectivity index (χ3n) is 2.16. The van der Waals surface area contributed by atoms with Gasteiger partial charge < -0.3 is 5.32 Å². The molecule has 2 aromatic heterocycles. The zero-order valence-corrected chi connectivity index (χ0v) is 9.70. The maximum Gasteiger partial charge on any atom is 0.0388 e. The summed E-state index contributed by atoms with van der Waals surface area (Å²) in [6.45, 7) is 3.17. The SMILES string of the molecule is C[C@H](NCc1ccsc1)c1cccs1. The van der Waals surface area contributed by atoms with Crippen molar-refractivity contribution < 1.29 is 0 Å². The second-order valence-electron chi connectivity index (χ2n) is 3.25. The van der Waals surface area contributed by atoms with E-state index >= 15 is 0 Å². The topological polar surface area (TPSA) is 12.0 Å². The van der Waals surface area contributed by atoms with Crippen molar-refractivity contribution in [2.24, 2.45) is 0 Å². The highest BCUT2D eigenvalue weighted by molar-refractivity contribution is 7.10. The maximum atomic E-state index is 3.50. The fraction of sp³-hybridized carbons (Fsp3) is 0.273. The molecule has 2 rings (SSSR count). The van der Waals surface area contributed by atoms with Gasteiger partial charge >= 0.3 is 0 Å². The fourth-order valence-electron chi connectivity index (χ4n) is 1.30. The molecule has 0 fully saturated rings. The Hall–Kier alpha value is -0.640. The van der Waals surface area contributed by atoms with Crippen molar-refractivity contribution >= 4 is 22.7 Å². The quantitative estimate of drug-likeness (QED) is 0.834. The molecule has 1 atom stereocenters. The Labute approximate surface area is 92.4 Å². The molecule has 0 saturated heterocycles. The minimum Gasteiger partial charge on any atom is -0.305 e. The number of rotatable bonds is 4. The Bertz CT molecular complexity index is 351. The van der Waals surface area contributed by atoms with Crippen LogP contribution < -0.4 is 5.32 Å². The first-order valence-corrected chi connectivity index (χ1v) is 6.46. The Kier molecular flexibility index (Phi) is 3.35. The molecule has 0 amide bonds. The van der Waals surface area contributed by atoms with E-state index in [4.69, 9.17) is 0 Å². The molecule has 1 nitrogen and oxygen atoms in total. The molecule has 3 heteroatoms. The Morgan fingerprint density at radius 1 is 1.36 bits per heavy atom. The van der Waals surface area contributed by atoms with Crippen LogP contribution in [-0.2, 0) is 6.54 Å². The molecule has 2 aromatic rings. The van der Waals surface area contributed by atoms with E-state index in [-0.39, 0.29) is 0 Å². The minimum atomic E-state index is 0.454. The first-order valence-electron chi connectivity index (χ1n) is 4.64. The van der Waals surface area contributed by atoms with E-state index in [0.717, 1.165) is 6.54 Å². The van der Waals surface area contributed by atoms with E-state index in [9.17, 15) is 0 Å². The van der Waals surface area contributed by atoms with Gasteiger partial charge in [0.1, 0.15) is 0 Å². The summed E-state index contributed by atoms with van der Waals surface area (Å²) in [4.78, 5) is 1.40. The first-order chi connectivity index (χ1) is 6.86. The van der Waals surface area contributed by atoms with Crippen LogP contribution in [0.5, 0.6) is 0 Å². The lowest BCUT2D eigenvalue weighted by Gasteiger charge is -2.10. The average molecular weight is 223 g/mol. The van der Waals surface area contributed by atoms with E-state index in [2.05, 4.69) is 46.6 Å². The molecule has 0 aliphatic carbocycles. The van der Waals surface area contributed by atoms with Crippen molar-refractivity contribution in [1.82, 2.24) is 5.32 Å². The van der Waals surface area contributed by atoms with Crippen LogP contribution in [0.4, 0.5) is 0 Å². The molecule has 0 aromatic carbocycles. The molecular weight excluding hydrogens is 210 g/mol. The van der Waals surface area contributed by atoms with Crippen molar-refractivity contribution in [2.75, 3.05) is 0 Å². The van der Waals surface area contributed by atoms with E-state index in [1.165, 1.54) is 10.4 Å². The van der Waals surface area contributed by atoms with Crippen molar-refractivity contribution in [2.45, 2.75) is 19.5 Å². The summed E-state index contributed by atoms with van der Waals surface area (Å²) in [6, 6.07) is 6.90. The van der Waals surface area contributed by atoms with Crippen molar-refractivity contribution in [3.05, 3.63) is 44.8 Å². The zero-order chi connectivity index (χ0) is 9.80. The summed E-state index contributed by atoms with van der Waals surface area (Å²) in [5.41, 5.74) is 1.37. The monoisotopic (exact) mass is 223 g/mol. The van der Waals surface area contributed by atoms with Gasteiger partial charge in [-0.15, -0.1) is 11.3 Å². The molecule has 0 aliphatic heterocycles. The molecule has 0 spiro atoms. The standard InChI is InChI=1S/C11H13NS2/c1-9(11-3-2-5-14-11)12-7-10-4-6-13-8-10/h2-6,8-9,12H,7H2,1H3/t9-/m0/s1. The smallest absolute Gasteiger partial charge is 0.0388 e. The summed E-state index contributed by atoms with van der Waals surface area (Å²) < 4.78 is 0. The van der Waals surface area contributed by atoms with Crippen LogP contribution in [0.1, 0.15) is 23.4 Å². The number of thiophene rings is 2. The lowest BCUT2D eigenvalue weighted by molar-refractivity contribution is 0.584. The second-order valence-corrected chi connectivity index (χ2v) is 5.01. The Morgan fingerprint density at radius 2 is 2.29 bits per heavy atom.